The highest BCUT2D eigenvalue weighted by Crippen LogP contribution is 2.05. The number of nitrogens with one attached hydrogen (secondary N) is 3. The lowest BCUT2D eigenvalue weighted by Crippen LogP contribution is -2.42. The van der Waals surface area contributed by atoms with Crippen LogP contribution in [0, 0.1) is 0 Å². The molecule has 3 N–H and O–H groups in total. The molecule has 0 aliphatic heterocycles. The van der Waals surface area contributed by atoms with Gasteiger partial charge in [-0.3, -0.25) is 9.67 Å². The van der Waals surface area contributed by atoms with Crippen molar-refractivity contribution in [2.75, 3.05) is 26.7 Å². The van der Waals surface area contributed by atoms with Gasteiger partial charge in [0.2, 0.25) is 0 Å². The fourth-order valence-electron chi connectivity index (χ4n) is 1.98. The number of hydrogen-bond donors (Lipinski definition) is 3. The van der Waals surface area contributed by atoms with Gasteiger partial charge in [0.05, 0.1) is 6.20 Å². The molecule has 0 aromatic carbocycles. The summed E-state index contributed by atoms with van der Waals surface area (Å²) in [4.78, 5) is 15.7. The van der Waals surface area contributed by atoms with E-state index in [-0.39, 0.29) is 0 Å². The van der Waals surface area contributed by atoms with Crippen LogP contribution in [0.5, 0.6) is 0 Å². The first-order valence-electron chi connectivity index (χ1n) is 8.19. The fraction of sp³-hybridized carbons (Fsp3) is 0.688. The molecule has 0 aliphatic rings. The van der Waals surface area contributed by atoms with Gasteiger partial charge in [0.15, 0.2) is 5.96 Å². The first-order chi connectivity index (χ1) is 11.3. The van der Waals surface area contributed by atoms with Crippen molar-refractivity contribution in [3.63, 3.8) is 0 Å². The van der Waals surface area contributed by atoms with Crippen molar-refractivity contribution in [3.8, 4) is 0 Å². The average Bonchev–Trinajstić information content (AvgIpc) is 2.89. The van der Waals surface area contributed by atoms with Crippen LogP contribution in [0.4, 0.5) is 4.79 Å². The smallest absolute Gasteiger partial charge is 0.407 e. The van der Waals surface area contributed by atoms with Gasteiger partial charge < -0.3 is 20.7 Å². The van der Waals surface area contributed by atoms with E-state index in [1.54, 1.807) is 11.7 Å². The van der Waals surface area contributed by atoms with E-state index < -0.39 is 11.7 Å². The highest BCUT2D eigenvalue weighted by Gasteiger charge is 2.15. The van der Waals surface area contributed by atoms with Crippen LogP contribution in [0.1, 0.15) is 32.8 Å². The van der Waals surface area contributed by atoms with Crippen LogP contribution in [0.15, 0.2) is 17.4 Å². The third kappa shape index (κ3) is 9.02. The maximum absolute atomic E-state index is 11.5. The van der Waals surface area contributed by atoms with Gasteiger partial charge in [-0.05, 0) is 39.2 Å². The lowest BCUT2D eigenvalue weighted by atomic mass is 10.2. The lowest BCUT2D eigenvalue weighted by Gasteiger charge is -2.19. The van der Waals surface area contributed by atoms with Crippen molar-refractivity contribution < 1.29 is 9.53 Å². The molecule has 0 spiro atoms. The number of hydrogen-bond acceptors (Lipinski definition) is 4. The van der Waals surface area contributed by atoms with Gasteiger partial charge >= 0.3 is 6.09 Å². The molecule has 1 aromatic rings. The van der Waals surface area contributed by atoms with Crippen molar-refractivity contribution in [1.29, 1.82) is 0 Å². The normalized spacial score (nSPS) is 12.0. The molecule has 1 amide bonds. The standard InChI is InChI=1S/C16H30N6O2/c1-16(2,3)24-15(23)20-10-9-19-14(17-4)18-8-6-7-13-11-21-22(5)12-13/h11-12H,6-10H2,1-5H3,(H,20,23)(H2,17,18,19). The summed E-state index contributed by atoms with van der Waals surface area (Å²) in [5.41, 5.74) is 0.743. The second-order valence-corrected chi connectivity index (χ2v) is 6.48. The number of amides is 1. The predicted molar refractivity (Wildman–Crippen MR) is 95.1 cm³/mol. The van der Waals surface area contributed by atoms with Crippen LogP contribution in [0.2, 0.25) is 0 Å². The van der Waals surface area contributed by atoms with E-state index >= 15 is 0 Å². The molecule has 0 fully saturated rings. The van der Waals surface area contributed by atoms with Crippen LogP contribution >= 0.6 is 0 Å². The number of carbonyl (C=O) groups is 1. The first-order valence-corrected chi connectivity index (χ1v) is 8.19. The molecule has 1 rings (SSSR count). The average molecular weight is 338 g/mol. The zero-order valence-corrected chi connectivity index (χ0v) is 15.3. The number of aryl methyl sites for hydroxylation is 2. The molecule has 24 heavy (non-hydrogen) atoms. The zero-order chi connectivity index (χ0) is 18.0. The molecule has 0 saturated heterocycles. The summed E-state index contributed by atoms with van der Waals surface area (Å²) in [6.07, 6.45) is 5.45. The predicted octanol–water partition coefficient (Wildman–Crippen LogP) is 1.04. The minimum Gasteiger partial charge on any atom is -0.444 e. The van der Waals surface area contributed by atoms with Crippen molar-refractivity contribution in [3.05, 3.63) is 18.0 Å². The molecule has 136 valence electrons. The Morgan fingerprint density at radius 3 is 2.50 bits per heavy atom. The van der Waals surface area contributed by atoms with E-state index in [0.717, 1.165) is 19.4 Å². The maximum atomic E-state index is 11.5. The number of aromatic nitrogens is 2. The lowest BCUT2D eigenvalue weighted by molar-refractivity contribution is 0.0529. The molecule has 0 atom stereocenters. The summed E-state index contributed by atoms with van der Waals surface area (Å²) in [7, 11) is 3.64. The van der Waals surface area contributed by atoms with Crippen LogP contribution in [-0.2, 0) is 18.2 Å². The third-order valence-electron chi connectivity index (χ3n) is 3.00. The summed E-state index contributed by atoms with van der Waals surface area (Å²) in [6, 6.07) is 0. The van der Waals surface area contributed by atoms with Crippen molar-refractivity contribution >= 4 is 12.1 Å². The van der Waals surface area contributed by atoms with Crippen molar-refractivity contribution in [2.45, 2.75) is 39.2 Å². The SMILES string of the molecule is CN=C(NCCCc1cnn(C)c1)NCCNC(=O)OC(C)(C)C. The number of aliphatic imine (C=N–C) groups is 1. The number of carbonyl (C=O) groups excluding carboxylic acids is 1. The molecule has 0 saturated carbocycles. The molecule has 8 nitrogen and oxygen atoms in total. The van der Waals surface area contributed by atoms with Crippen LogP contribution in [0.3, 0.4) is 0 Å². The highest BCUT2D eigenvalue weighted by atomic mass is 16.6. The van der Waals surface area contributed by atoms with Gasteiger partial charge in [-0.2, -0.15) is 5.10 Å². The Bertz CT molecular complexity index is 533. The number of rotatable bonds is 7. The number of ether oxygens (including phenoxy) is 1. The molecule has 1 aromatic heterocycles. The van der Waals surface area contributed by atoms with Crippen LogP contribution in [0.25, 0.3) is 0 Å². The molecule has 1 heterocycles. The van der Waals surface area contributed by atoms with E-state index in [9.17, 15) is 4.79 Å². The van der Waals surface area contributed by atoms with E-state index in [1.165, 1.54) is 5.56 Å². The van der Waals surface area contributed by atoms with E-state index in [0.29, 0.717) is 19.0 Å². The summed E-state index contributed by atoms with van der Waals surface area (Å²) in [6.45, 7) is 7.35. The fourth-order valence-corrected chi connectivity index (χ4v) is 1.98. The maximum Gasteiger partial charge on any atom is 0.407 e. The second kappa shape index (κ2) is 9.79. The van der Waals surface area contributed by atoms with Crippen molar-refractivity contribution in [2.24, 2.45) is 12.0 Å². The molecule has 8 heteroatoms. The van der Waals surface area contributed by atoms with Gasteiger partial charge in [0, 0.05) is 39.9 Å². The topological polar surface area (TPSA) is 92.6 Å². The Kier molecular flexibility index (Phi) is 8.08. The molecule has 0 unspecified atom stereocenters. The summed E-state index contributed by atoms with van der Waals surface area (Å²) in [5, 5.41) is 13.2. The Balaban J connectivity index is 2.11. The van der Waals surface area contributed by atoms with Gasteiger partial charge in [0.25, 0.3) is 0 Å². The first kappa shape index (κ1) is 19.8. The van der Waals surface area contributed by atoms with Gasteiger partial charge in [-0.25, -0.2) is 4.79 Å². The van der Waals surface area contributed by atoms with E-state index in [4.69, 9.17) is 4.74 Å². The van der Waals surface area contributed by atoms with Gasteiger partial charge in [-0.1, -0.05) is 0 Å². The van der Waals surface area contributed by atoms with Crippen LogP contribution in [-0.4, -0.2) is 54.1 Å². The largest absolute Gasteiger partial charge is 0.444 e. The third-order valence-corrected chi connectivity index (χ3v) is 3.00. The Morgan fingerprint density at radius 1 is 1.25 bits per heavy atom. The monoisotopic (exact) mass is 338 g/mol. The second-order valence-electron chi connectivity index (χ2n) is 6.48. The number of alkyl carbamates (subject to hydrolysis) is 1. The van der Waals surface area contributed by atoms with E-state index in [2.05, 4.69) is 26.0 Å². The Hall–Kier alpha value is -2.25. The summed E-state index contributed by atoms with van der Waals surface area (Å²) >= 11 is 0. The quantitative estimate of drug-likeness (QED) is 0.392. The Morgan fingerprint density at radius 2 is 1.92 bits per heavy atom. The molecule has 0 radical (unpaired) electrons. The molecular weight excluding hydrogens is 308 g/mol. The van der Waals surface area contributed by atoms with Gasteiger partial charge in [-0.15, -0.1) is 0 Å². The summed E-state index contributed by atoms with van der Waals surface area (Å²) in [5.74, 6) is 0.715. The van der Waals surface area contributed by atoms with Crippen molar-refractivity contribution in [1.82, 2.24) is 25.7 Å². The van der Waals surface area contributed by atoms with Crippen LogP contribution < -0.4 is 16.0 Å². The molecule has 0 aliphatic carbocycles. The minimum absolute atomic E-state index is 0.413. The van der Waals surface area contributed by atoms with E-state index in [1.807, 2.05) is 40.2 Å². The van der Waals surface area contributed by atoms with Gasteiger partial charge in [0.1, 0.15) is 5.60 Å². The summed E-state index contributed by atoms with van der Waals surface area (Å²) < 4.78 is 6.97. The number of guanidine groups is 1. The highest BCUT2D eigenvalue weighted by molar-refractivity contribution is 5.79. The Labute approximate surface area is 144 Å². The molecular formula is C16H30N6O2. The molecule has 0 bridgehead atoms. The minimum atomic E-state index is -0.483. The zero-order valence-electron chi connectivity index (χ0n) is 15.3. The number of nitrogens with zero attached hydrogens (tertiary/aromatic N) is 3.